The molecule has 5 aromatic rings. The van der Waals surface area contributed by atoms with Gasteiger partial charge in [0.25, 0.3) is 5.56 Å². The Balaban J connectivity index is 1.53. The Morgan fingerprint density at radius 2 is 1.89 bits per heavy atom. The van der Waals surface area contributed by atoms with Crippen LogP contribution >= 0.6 is 11.3 Å². The van der Waals surface area contributed by atoms with E-state index in [0.717, 1.165) is 35.1 Å². The molecule has 1 aliphatic carbocycles. The summed E-state index contributed by atoms with van der Waals surface area (Å²) in [6.45, 7) is 3.37. The fourth-order valence-electron chi connectivity index (χ4n) is 5.48. The van der Waals surface area contributed by atoms with Gasteiger partial charge in [-0.2, -0.15) is 0 Å². The quantitative estimate of drug-likeness (QED) is 0.286. The molecule has 1 aliphatic rings. The van der Waals surface area contributed by atoms with Crippen LogP contribution in [0.4, 0.5) is 0 Å². The van der Waals surface area contributed by atoms with Gasteiger partial charge in [0.15, 0.2) is 5.82 Å². The molecule has 1 N–H and O–H groups in total. The maximum absolute atomic E-state index is 13.7. The predicted molar refractivity (Wildman–Crippen MR) is 146 cm³/mol. The van der Waals surface area contributed by atoms with Crippen molar-refractivity contribution in [3.05, 3.63) is 110 Å². The first-order chi connectivity index (χ1) is 18.2. The second-order valence-electron chi connectivity index (χ2n) is 9.94. The first-order valence-electron chi connectivity index (χ1n) is 12.9. The Kier molecular flexibility index (Phi) is 6.68. The average Bonchev–Trinajstić information content (AvgIpc) is 3.68. The molecule has 37 heavy (non-hydrogen) atoms. The van der Waals surface area contributed by atoms with E-state index in [1.165, 1.54) is 23.3 Å². The number of aromatic amines is 1. The fourth-order valence-corrected chi connectivity index (χ4v) is 6.21. The van der Waals surface area contributed by atoms with Gasteiger partial charge in [0.1, 0.15) is 6.04 Å². The molecule has 1 atom stereocenters. The van der Waals surface area contributed by atoms with Crippen LogP contribution in [0.25, 0.3) is 10.9 Å². The highest BCUT2D eigenvalue weighted by atomic mass is 32.1. The van der Waals surface area contributed by atoms with E-state index in [0.29, 0.717) is 18.7 Å². The van der Waals surface area contributed by atoms with E-state index in [1.54, 1.807) is 11.3 Å². The summed E-state index contributed by atoms with van der Waals surface area (Å²) in [7, 11) is 0. The molecule has 1 fully saturated rings. The standard InChI is InChI=1S/C29H30N6OS/c1-20-13-14-22-17-25(29(36)30-26(22)16-20)27(28-31-32-33-35(28)23-10-5-6-11-23)34(19-24-12-7-15-37-24)18-21-8-3-2-4-9-21/h2-4,7-9,12-17,23,27H,5-6,10-11,18-19H2,1H3,(H,30,36). The lowest BCUT2D eigenvalue weighted by molar-refractivity contribution is 0.192. The Bertz CT molecular complexity index is 1540. The average molecular weight is 511 g/mol. The van der Waals surface area contributed by atoms with Gasteiger partial charge in [-0.15, -0.1) is 16.4 Å². The van der Waals surface area contributed by atoms with Crippen LogP contribution < -0.4 is 5.56 Å². The number of nitrogens with zero attached hydrogens (tertiary/aromatic N) is 5. The van der Waals surface area contributed by atoms with Crippen LogP contribution in [0.3, 0.4) is 0 Å². The van der Waals surface area contributed by atoms with Crippen LogP contribution in [0.15, 0.2) is 76.9 Å². The van der Waals surface area contributed by atoms with Crippen molar-refractivity contribution in [3.63, 3.8) is 0 Å². The molecule has 188 valence electrons. The zero-order valence-electron chi connectivity index (χ0n) is 20.9. The first-order valence-corrected chi connectivity index (χ1v) is 13.8. The number of fused-ring (bicyclic) bond motifs is 1. The number of pyridine rings is 1. The maximum Gasteiger partial charge on any atom is 0.253 e. The third-order valence-electron chi connectivity index (χ3n) is 7.29. The van der Waals surface area contributed by atoms with Gasteiger partial charge in [-0.25, -0.2) is 4.68 Å². The van der Waals surface area contributed by atoms with Crippen molar-refractivity contribution in [3.8, 4) is 0 Å². The van der Waals surface area contributed by atoms with Crippen LogP contribution in [-0.4, -0.2) is 30.1 Å². The molecule has 1 unspecified atom stereocenters. The lowest BCUT2D eigenvalue weighted by atomic mass is 10.0. The normalized spacial score (nSPS) is 15.1. The van der Waals surface area contributed by atoms with Crippen molar-refractivity contribution in [2.24, 2.45) is 0 Å². The highest BCUT2D eigenvalue weighted by Gasteiger charge is 2.33. The van der Waals surface area contributed by atoms with E-state index >= 15 is 0 Å². The van der Waals surface area contributed by atoms with Crippen LogP contribution in [0.1, 0.15) is 65.2 Å². The van der Waals surface area contributed by atoms with E-state index in [-0.39, 0.29) is 11.6 Å². The third kappa shape index (κ3) is 4.99. The summed E-state index contributed by atoms with van der Waals surface area (Å²) in [5.41, 5.74) is 3.69. The van der Waals surface area contributed by atoms with Gasteiger partial charge in [-0.05, 0) is 70.3 Å². The lowest BCUT2D eigenvalue weighted by Gasteiger charge is -2.31. The van der Waals surface area contributed by atoms with Gasteiger partial charge in [0, 0.05) is 29.0 Å². The van der Waals surface area contributed by atoms with Crippen LogP contribution in [0, 0.1) is 6.92 Å². The van der Waals surface area contributed by atoms with Crippen LogP contribution in [-0.2, 0) is 13.1 Å². The monoisotopic (exact) mass is 510 g/mol. The molecule has 1 saturated carbocycles. The minimum atomic E-state index is -0.410. The summed E-state index contributed by atoms with van der Waals surface area (Å²) in [5, 5.41) is 16.3. The number of tetrazole rings is 1. The zero-order chi connectivity index (χ0) is 25.2. The van der Waals surface area contributed by atoms with Gasteiger partial charge in [0.05, 0.1) is 6.04 Å². The highest BCUT2D eigenvalue weighted by Crippen LogP contribution is 2.35. The maximum atomic E-state index is 13.7. The number of hydrogen-bond acceptors (Lipinski definition) is 6. The number of nitrogens with one attached hydrogen (secondary N) is 1. The lowest BCUT2D eigenvalue weighted by Crippen LogP contribution is -2.35. The molecular formula is C29H30N6OS. The topological polar surface area (TPSA) is 79.7 Å². The molecule has 0 saturated heterocycles. The Hall–Kier alpha value is -3.62. The molecule has 3 heterocycles. The molecule has 0 amide bonds. The Labute approximate surface area is 219 Å². The summed E-state index contributed by atoms with van der Waals surface area (Å²) < 4.78 is 1.99. The number of hydrogen-bond donors (Lipinski definition) is 1. The van der Waals surface area contributed by atoms with Gasteiger partial charge in [0.2, 0.25) is 0 Å². The number of benzene rings is 2. The largest absolute Gasteiger partial charge is 0.322 e. The summed E-state index contributed by atoms with van der Waals surface area (Å²) >= 11 is 1.72. The SMILES string of the molecule is Cc1ccc2cc(C(c3nnnn3C3CCCC3)N(Cc3ccccc3)Cc3cccs3)c(=O)[nH]c2c1. The summed E-state index contributed by atoms with van der Waals surface area (Å²) in [4.78, 5) is 20.4. The van der Waals surface area contributed by atoms with Crippen LogP contribution in [0.5, 0.6) is 0 Å². The molecule has 0 spiro atoms. The van der Waals surface area contributed by atoms with E-state index in [4.69, 9.17) is 0 Å². The van der Waals surface area contributed by atoms with Crippen molar-refractivity contribution in [2.45, 2.75) is 57.8 Å². The van der Waals surface area contributed by atoms with Crippen LogP contribution in [0.2, 0.25) is 0 Å². The second kappa shape index (κ2) is 10.4. The number of H-pyrrole nitrogens is 1. The van der Waals surface area contributed by atoms with Crippen molar-refractivity contribution in [1.29, 1.82) is 0 Å². The number of aryl methyl sites for hydroxylation is 1. The zero-order valence-corrected chi connectivity index (χ0v) is 21.7. The molecule has 8 heteroatoms. The van der Waals surface area contributed by atoms with Gasteiger partial charge in [-0.3, -0.25) is 9.69 Å². The summed E-state index contributed by atoms with van der Waals surface area (Å²) in [6, 6.07) is 22.7. The Morgan fingerprint density at radius 3 is 2.68 bits per heavy atom. The van der Waals surface area contributed by atoms with E-state index in [1.807, 2.05) is 29.8 Å². The molecule has 0 aliphatic heterocycles. The molecule has 0 radical (unpaired) electrons. The van der Waals surface area contributed by atoms with Crippen molar-refractivity contribution in [2.75, 3.05) is 0 Å². The molecule has 3 aromatic heterocycles. The molecule has 2 aromatic carbocycles. The predicted octanol–water partition coefficient (Wildman–Crippen LogP) is 5.79. The minimum Gasteiger partial charge on any atom is -0.322 e. The minimum absolute atomic E-state index is 0.103. The van der Waals surface area contributed by atoms with Crippen molar-refractivity contribution < 1.29 is 0 Å². The Morgan fingerprint density at radius 1 is 1.05 bits per heavy atom. The van der Waals surface area contributed by atoms with Gasteiger partial charge >= 0.3 is 0 Å². The molecule has 7 nitrogen and oxygen atoms in total. The van der Waals surface area contributed by atoms with E-state index < -0.39 is 6.04 Å². The van der Waals surface area contributed by atoms with Gasteiger partial charge < -0.3 is 4.98 Å². The third-order valence-corrected chi connectivity index (χ3v) is 8.15. The molecular weight excluding hydrogens is 480 g/mol. The highest BCUT2D eigenvalue weighted by molar-refractivity contribution is 7.09. The van der Waals surface area contributed by atoms with Crippen molar-refractivity contribution in [1.82, 2.24) is 30.1 Å². The number of rotatable bonds is 8. The summed E-state index contributed by atoms with van der Waals surface area (Å²) in [6.07, 6.45) is 4.46. The number of thiophene rings is 1. The van der Waals surface area contributed by atoms with E-state index in [9.17, 15) is 4.79 Å². The number of aromatic nitrogens is 5. The first kappa shape index (κ1) is 23.8. The van der Waals surface area contributed by atoms with Crippen molar-refractivity contribution >= 4 is 22.2 Å². The fraction of sp³-hybridized carbons (Fsp3) is 0.310. The van der Waals surface area contributed by atoms with Gasteiger partial charge in [-0.1, -0.05) is 61.4 Å². The molecule has 6 rings (SSSR count). The van der Waals surface area contributed by atoms with E-state index in [2.05, 4.69) is 79.3 Å². The smallest absolute Gasteiger partial charge is 0.253 e. The molecule has 0 bridgehead atoms. The second-order valence-corrected chi connectivity index (χ2v) is 11.0. The summed E-state index contributed by atoms with van der Waals surface area (Å²) in [5.74, 6) is 0.733.